The van der Waals surface area contributed by atoms with E-state index in [1.165, 1.54) is 0 Å². The van der Waals surface area contributed by atoms with Crippen molar-refractivity contribution in [1.82, 2.24) is 10.2 Å². The Kier molecular flexibility index (Phi) is 6.30. The Morgan fingerprint density at radius 3 is 2.69 bits per heavy atom. The van der Waals surface area contributed by atoms with E-state index in [4.69, 9.17) is 4.74 Å². The van der Waals surface area contributed by atoms with Crippen LogP contribution in [0.15, 0.2) is 0 Å². The first-order valence-electron chi connectivity index (χ1n) is 5.53. The number of halogens is 1. The Hall–Kier alpha value is -0.320. The molecule has 0 bridgehead atoms. The third kappa shape index (κ3) is 4.28. The van der Waals surface area contributed by atoms with Crippen molar-refractivity contribution in [3.8, 4) is 0 Å². The van der Waals surface area contributed by atoms with Crippen LogP contribution < -0.4 is 5.32 Å². The predicted molar refractivity (Wildman–Crippen MR) is 66.9 cm³/mol. The number of amides is 1. The molecular weight excluding hydrogens is 228 g/mol. The van der Waals surface area contributed by atoms with Gasteiger partial charge in [-0.15, -0.1) is 12.4 Å². The highest BCUT2D eigenvalue weighted by Gasteiger charge is 2.31. The highest BCUT2D eigenvalue weighted by atomic mass is 35.5. The van der Waals surface area contributed by atoms with Crippen molar-refractivity contribution >= 4 is 18.3 Å². The summed E-state index contributed by atoms with van der Waals surface area (Å²) in [7, 11) is 1.87. The molecule has 1 aliphatic rings. The van der Waals surface area contributed by atoms with Gasteiger partial charge in [-0.25, -0.2) is 0 Å². The lowest BCUT2D eigenvalue weighted by molar-refractivity contribution is -0.149. The first-order valence-corrected chi connectivity index (χ1v) is 5.53. The number of ether oxygens (including phenoxy) is 1. The molecule has 1 heterocycles. The van der Waals surface area contributed by atoms with Crippen molar-refractivity contribution in [1.29, 1.82) is 0 Å². The number of hydrogen-bond donors (Lipinski definition) is 1. The fraction of sp³-hybridized carbons (Fsp3) is 0.909. The molecule has 1 amide bonds. The zero-order valence-corrected chi connectivity index (χ0v) is 11.4. The van der Waals surface area contributed by atoms with E-state index < -0.39 is 0 Å². The summed E-state index contributed by atoms with van der Waals surface area (Å²) in [5.74, 6) is 0.268. The highest BCUT2D eigenvalue weighted by molar-refractivity contribution is 5.85. The molecular formula is C11H23ClN2O2. The van der Waals surface area contributed by atoms with Gasteiger partial charge in [-0.05, 0) is 20.9 Å². The average molecular weight is 251 g/mol. The van der Waals surface area contributed by atoms with Gasteiger partial charge >= 0.3 is 0 Å². The molecule has 0 aromatic rings. The van der Waals surface area contributed by atoms with Crippen LogP contribution in [0.2, 0.25) is 0 Å². The number of morpholine rings is 1. The van der Waals surface area contributed by atoms with Crippen LogP contribution in [0, 0.1) is 5.92 Å². The molecule has 96 valence electrons. The van der Waals surface area contributed by atoms with Crippen molar-refractivity contribution in [2.24, 2.45) is 5.92 Å². The van der Waals surface area contributed by atoms with Gasteiger partial charge in [-0.3, -0.25) is 4.79 Å². The molecule has 1 aliphatic heterocycles. The molecule has 1 saturated heterocycles. The van der Waals surface area contributed by atoms with E-state index in [9.17, 15) is 4.79 Å². The second kappa shape index (κ2) is 6.42. The van der Waals surface area contributed by atoms with Crippen LogP contribution in [0.3, 0.4) is 0 Å². The first kappa shape index (κ1) is 15.7. The van der Waals surface area contributed by atoms with Gasteiger partial charge in [0.15, 0.2) is 0 Å². The largest absolute Gasteiger partial charge is 0.372 e. The SMILES string of the molecule is CNCC(C)C(=O)N1CCOC(C)(C)C1.Cl. The maximum Gasteiger partial charge on any atom is 0.226 e. The quantitative estimate of drug-likeness (QED) is 0.809. The fourth-order valence-corrected chi connectivity index (χ4v) is 1.91. The van der Waals surface area contributed by atoms with Crippen LogP contribution in [0.25, 0.3) is 0 Å². The van der Waals surface area contributed by atoms with Crippen molar-refractivity contribution in [3.05, 3.63) is 0 Å². The Labute approximate surface area is 104 Å². The van der Waals surface area contributed by atoms with Gasteiger partial charge in [0, 0.05) is 25.6 Å². The van der Waals surface area contributed by atoms with E-state index in [-0.39, 0.29) is 29.8 Å². The van der Waals surface area contributed by atoms with Gasteiger partial charge in [-0.1, -0.05) is 6.92 Å². The highest BCUT2D eigenvalue weighted by Crippen LogP contribution is 2.17. The molecule has 4 nitrogen and oxygen atoms in total. The molecule has 1 rings (SSSR count). The van der Waals surface area contributed by atoms with E-state index in [1.54, 1.807) is 0 Å². The van der Waals surface area contributed by atoms with Crippen molar-refractivity contribution in [2.75, 3.05) is 33.3 Å². The summed E-state index contributed by atoms with van der Waals surface area (Å²) >= 11 is 0. The van der Waals surface area contributed by atoms with Crippen LogP contribution in [0.1, 0.15) is 20.8 Å². The van der Waals surface area contributed by atoms with Crippen LogP contribution >= 0.6 is 12.4 Å². The fourth-order valence-electron chi connectivity index (χ4n) is 1.91. The minimum atomic E-state index is -0.201. The van der Waals surface area contributed by atoms with Gasteiger partial charge in [0.1, 0.15) is 0 Å². The molecule has 0 spiro atoms. The molecule has 0 aromatic carbocycles. The molecule has 0 saturated carbocycles. The number of carbonyl (C=O) groups is 1. The standard InChI is InChI=1S/C11H22N2O2.ClH/c1-9(7-12-4)10(14)13-5-6-15-11(2,3)8-13;/h9,12H,5-8H2,1-4H3;1H. The summed E-state index contributed by atoms with van der Waals surface area (Å²) in [6, 6.07) is 0. The zero-order chi connectivity index (χ0) is 11.5. The average Bonchev–Trinajstić information content (AvgIpc) is 2.15. The van der Waals surface area contributed by atoms with Gasteiger partial charge in [-0.2, -0.15) is 0 Å². The van der Waals surface area contributed by atoms with E-state index in [0.717, 1.165) is 13.1 Å². The zero-order valence-electron chi connectivity index (χ0n) is 10.6. The minimum Gasteiger partial charge on any atom is -0.372 e. The number of carbonyl (C=O) groups excluding carboxylic acids is 1. The topological polar surface area (TPSA) is 41.6 Å². The smallest absolute Gasteiger partial charge is 0.226 e. The monoisotopic (exact) mass is 250 g/mol. The van der Waals surface area contributed by atoms with Crippen LogP contribution in [0.4, 0.5) is 0 Å². The van der Waals surface area contributed by atoms with Gasteiger partial charge in [0.2, 0.25) is 5.91 Å². The summed E-state index contributed by atoms with van der Waals surface area (Å²) in [6.45, 7) is 8.80. The lowest BCUT2D eigenvalue weighted by atomic mass is 10.0. The van der Waals surface area contributed by atoms with Crippen LogP contribution in [0.5, 0.6) is 0 Å². The molecule has 16 heavy (non-hydrogen) atoms. The minimum absolute atomic E-state index is 0. The summed E-state index contributed by atoms with van der Waals surface area (Å²) < 4.78 is 5.58. The normalized spacial score (nSPS) is 21.1. The summed E-state index contributed by atoms with van der Waals surface area (Å²) in [4.78, 5) is 13.9. The number of hydrogen-bond acceptors (Lipinski definition) is 3. The Bertz CT molecular complexity index is 234. The maximum atomic E-state index is 12.0. The third-order valence-corrected chi connectivity index (χ3v) is 2.67. The van der Waals surface area contributed by atoms with Gasteiger partial charge in [0.25, 0.3) is 0 Å². The van der Waals surface area contributed by atoms with Gasteiger partial charge < -0.3 is 15.0 Å². The third-order valence-electron chi connectivity index (χ3n) is 2.67. The summed E-state index contributed by atoms with van der Waals surface area (Å²) in [5, 5.41) is 3.03. The summed E-state index contributed by atoms with van der Waals surface area (Å²) in [5.41, 5.74) is -0.201. The van der Waals surface area contributed by atoms with E-state index in [1.807, 2.05) is 32.7 Å². The number of nitrogens with one attached hydrogen (secondary N) is 1. The molecule has 0 aliphatic carbocycles. The van der Waals surface area contributed by atoms with E-state index >= 15 is 0 Å². The Morgan fingerprint density at radius 1 is 1.56 bits per heavy atom. The van der Waals surface area contributed by atoms with Gasteiger partial charge in [0.05, 0.1) is 12.2 Å². The predicted octanol–water partition coefficient (Wildman–Crippen LogP) is 0.901. The molecule has 1 unspecified atom stereocenters. The molecule has 0 aromatic heterocycles. The molecule has 5 heteroatoms. The molecule has 0 radical (unpaired) electrons. The Balaban J connectivity index is 0.00000225. The second-order valence-corrected chi connectivity index (χ2v) is 4.83. The Morgan fingerprint density at radius 2 is 2.19 bits per heavy atom. The van der Waals surface area contributed by atoms with Crippen molar-refractivity contribution in [2.45, 2.75) is 26.4 Å². The van der Waals surface area contributed by atoms with Crippen molar-refractivity contribution in [3.63, 3.8) is 0 Å². The summed E-state index contributed by atoms with van der Waals surface area (Å²) in [6.07, 6.45) is 0. The lowest BCUT2D eigenvalue weighted by Gasteiger charge is -2.39. The maximum absolute atomic E-state index is 12.0. The number of nitrogens with zero attached hydrogens (tertiary/aromatic N) is 1. The van der Waals surface area contributed by atoms with Crippen LogP contribution in [-0.4, -0.2) is 49.7 Å². The second-order valence-electron chi connectivity index (χ2n) is 4.83. The molecule has 1 fully saturated rings. The molecule has 1 N–H and O–H groups in total. The number of rotatable bonds is 3. The lowest BCUT2D eigenvalue weighted by Crippen LogP contribution is -2.52. The van der Waals surface area contributed by atoms with E-state index in [0.29, 0.717) is 13.2 Å². The van der Waals surface area contributed by atoms with Crippen molar-refractivity contribution < 1.29 is 9.53 Å². The van der Waals surface area contributed by atoms with Crippen LogP contribution in [-0.2, 0) is 9.53 Å². The molecule has 1 atom stereocenters. The van der Waals surface area contributed by atoms with E-state index in [2.05, 4.69) is 5.32 Å². The first-order chi connectivity index (χ1) is 6.96.